The number of nitrogens with two attached hydrogens (primary N) is 1. The molecular formula is C21H29F3N2O8. The first-order valence-electron chi connectivity index (χ1n) is 10.3. The molecule has 0 bridgehead atoms. The standard InChI is InChI=1S/C19H28N2O6.C2HF3O2/c1-25-16-10-14(19(24)21-8-4-3-6-13(21)12-22)15(20)11-17(16)27-9-5-7-18(23)26-2;3-2(4,5)1(6)7/h10-11,13,22H,3-9,12,20H2,1-2H3;(H,6,7)/t13-;/m0./s1. The number of carboxylic acids is 1. The molecule has 0 aromatic heterocycles. The van der Waals surface area contributed by atoms with Gasteiger partial charge >= 0.3 is 18.1 Å². The number of benzene rings is 1. The summed E-state index contributed by atoms with van der Waals surface area (Å²) >= 11 is 0. The van der Waals surface area contributed by atoms with Crippen LogP contribution in [0.15, 0.2) is 12.1 Å². The van der Waals surface area contributed by atoms with Gasteiger partial charge in [-0.05, 0) is 31.7 Å². The molecular weight excluding hydrogens is 465 g/mol. The number of likely N-dealkylation sites (tertiary alicyclic amines) is 1. The van der Waals surface area contributed by atoms with Crippen molar-refractivity contribution in [1.82, 2.24) is 4.90 Å². The number of amides is 1. The number of piperidine rings is 1. The first-order valence-corrected chi connectivity index (χ1v) is 10.3. The van der Waals surface area contributed by atoms with Crippen LogP contribution in [0.4, 0.5) is 18.9 Å². The Hall–Kier alpha value is -3.22. The molecule has 1 aliphatic rings. The maximum Gasteiger partial charge on any atom is 0.490 e. The fraction of sp³-hybridized carbons (Fsp3) is 0.571. The van der Waals surface area contributed by atoms with E-state index < -0.39 is 12.1 Å². The number of methoxy groups -OCH3 is 2. The van der Waals surface area contributed by atoms with E-state index >= 15 is 0 Å². The number of aliphatic carboxylic acids is 1. The van der Waals surface area contributed by atoms with Gasteiger partial charge in [-0.15, -0.1) is 0 Å². The lowest BCUT2D eigenvalue weighted by atomic mass is 10.0. The number of carboxylic acid groups (broad SMARTS) is 1. The molecule has 0 aliphatic carbocycles. The highest BCUT2D eigenvalue weighted by atomic mass is 19.4. The molecule has 13 heteroatoms. The number of halogens is 3. The summed E-state index contributed by atoms with van der Waals surface area (Å²) < 4.78 is 47.3. The van der Waals surface area contributed by atoms with E-state index in [1.54, 1.807) is 17.0 Å². The van der Waals surface area contributed by atoms with Gasteiger partial charge in [0.05, 0.1) is 39.0 Å². The van der Waals surface area contributed by atoms with Gasteiger partial charge in [-0.3, -0.25) is 9.59 Å². The Balaban J connectivity index is 0.000000718. The zero-order valence-corrected chi connectivity index (χ0v) is 18.9. The lowest BCUT2D eigenvalue weighted by Gasteiger charge is -2.35. The van der Waals surface area contributed by atoms with Gasteiger partial charge in [0.15, 0.2) is 11.5 Å². The third-order valence-electron chi connectivity index (χ3n) is 4.92. The molecule has 10 nitrogen and oxygen atoms in total. The Morgan fingerprint density at radius 1 is 1.18 bits per heavy atom. The Bertz CT molecular complexity index is 848. The van der Waals surface area contributed by atoms with Crippen molar-refractivity contribution in [3.8, 4) is 11.5 Å². The predicted molar refractivity (Wildman–Crippen MR) is 114 cm³/mol. The van der Waals surface area contributed by atoms with Crippen LogP contribution in [0.2, 0.25) is 0 Å². The summed E-state index contributed by atoms with van der Waals surface area (Å²) in [6.07, 6.45) is -1.67. The Kier molecular flexibility index (Phi) is 11.4. The van der Waals surface area contributed by atoms with Gasteiger partial charge < -0.3 is 35.1 Å². The molecule has 0 saturated carbocycles. The number of anilines is 1. The van der Waals surface area contributed by atoms with E-state index in [1.165, 1.54) is 14.2 Å². The number of hydrogen-bond donors (Lipinski definition) is 3. The molecule has 1 heterocycles. The van der Waals surface area contributed by atoms with Gasteiger partial charge in [0.1, 0.15) is 0 Å². The molecule has 4 N–H and O–H groups in total. The number of ether oxygens (including phenoxy) is 3. The zero-order chi connectivity index (χ0) is 25.9. The van der Waals surface area contributed by atoms with Crippen LogP contribution in [-0.4, -0.2) is 79.2 Å². The predicted octanol–water partition coefficient (Wildman–Crippen LogP) is 2.23. The van der Waals surface area contributed by atoms with Gasteiger partial charge in [-0.25, -0.2) is 4.79 Å². The van der Waals surface area contributed by atoms with Crippen molar-refractivity contribution in [2.45, 2.75) is 44.3 Å². The van der Waals surface area contributed by atoms with Crippen LogP contribution in [0.5, 0.6) is 11.5 Å². The van der Waals surface area contributed by atoms with Gasteiger partial charge in [0, 0.05) is 24.7 Å². The molecule has 2 rings (SSSR count). The number of aliphatic hydroxyl groups is 1. The lowest BCUT2D eigenvalue weighted by molar-refractivity contribution is -0.192. The molecule has 0 radical (unpaired) electrons. The monoisotopic (exact) mass is 494 g/mol. The van der Waals surface area contributed by atoms with Crippen LogP contribution in [0.3, 0.4) is 0 Å². The average Bonchev–Trinajstić information content (AvgIpc) is 2.81. The van der Waals surface area contributed by atoms with Gasteiger partial charge in [-0.2, -0.15) is 13.2 Å². The van der Waals surface area contributed by atoms with Crippen LogP contribution in [0.25, 0.3) is 0 Å². The van der Waals surface area contributed by atoms with E-state index in [0.717, 1.165) is 19.3 Å². The molecule has 1 aromatic carbocycles. The zero-order valence-electron chi connectivity index (χ0n) is 18.9. The van der Waals surface area contributed by atoms with Crippen molar-refractivity contribution in [2.75, 3.05) is 39.7 Å². The van der Waals surface area contributed by atoms with Gasteiger partial charge in [0.2, 0.25) is 0 Å². The average molecular weight is 494 g/mol. The van der Waals surface area contributed by atoms with Crippen LogP contribution in [0, 0.1) is 0 Å². The second-order valence-corrected chi connectivity index (χ2v) is 7.25. The fourth-order valence-corrected chi connectivity index (χ4v) is 3.15. The minimum absolute atomic E-state index is 0.0653. The Labute approximate surface area is 194 Å². The second kappa shape index (κ2) is 13.5. The maximum absolute atomic E-state index is 12.9. The molecule has 1 amide bonds. The van der Waals surface area contributed by atoms with Crippen molar-refractivity contribution >= 4 is 23.5 Å². The summed E-state index contributed by atoms with van der Waals surface area (Å²) in [5.41, 5.74) is 6.71. The molecule has 192 valence electrons. The highest BCUT2D eigenvalue weighted by molar-refractivity contribution is 6.00. The van der Waals surface area contributed by atoms with Crippen molar-refractivity contribution in [3.63, 3.8) is 0 Å². The van der Waals surface area contributed by atoms with Crippen LogP contribution < -0.4 is 15.2 Å². The Morgan fingerprint density at radius 2 is 1.82 bits per heavy atom. The van der Waals surface area contributed by atoms with E-state index in [4.69, 9.17) is 25.1 Å². The van der Waals surface area contributed by atoms with Crippen LogP contribution in [-0.2, 0) is 14.3 Å². The number of rotatable bonds is 8. The fourth-order valence-electron chi connectivity index (χ4n) is 3.15. The van der Waals surface area contributed by atoms with E-state index in [0.29, 0.717) is 30.0 Å². The van der Waals surface area contributed by atoms with Crippen molar-refractivity contribution in [1.29, 1.82) is 0 Å². The highest BCUT2D eigenvalue weighted by Gasteiger charge is 2.38. The number of carbonyl (C=O) groups excluding carboxylic acids is 2. The number of nitrogens with zero attached hydrogens (tertiary/aromatic N) is 1. The number of carbonyl (C=O) groups is 3. The summed E-state index contributed by atoms with van der Waals surface area (Å²) in [5, 5.41) is 16.7. The van der Waals surface area contributed by atoms with E-state index in [2.05, 4.69) is 4.74 Å². The molecule has 0 spiro atoms. The minimum atomic E-state index is -5.08. The summed E-state index contributed by atoms with van der Waals surface area (Å²) in [6.45, 7) is 0.818. The second-order valence-electron chi connectivity index (χ2n) is 7.25. The van der Waals surface area contributed by atoms with Crippen molar-refractivity contribution in [2.24, 2.45) is 0 Å². The summed E-state index contributed by atoms with van der Waals surface area (Å²) in [7, 11) is 2.82. The number of hydrogen-bond acceptors (Lipinski definition) is 8. The molecule has 1 aromatic rings. The summed E-state index contributed by atoms with van der Waals surface area (Å²) in [5.74, 6) is -2.47. The number of alkyl halides is 3. The number of nitrogen functional groups attached to an aromatic ring is 1. The molecule has 1 fully saturated rings. The molecule has 0 unspecified atom stereocenters. The van der Waals surface area contributed by atoms with E-state index in [-0.39, 0.29) is 43.2 Å². The third kappa shape index (κ3) is 8.61. The normalized spacial score (nSPS) is 15.6. The van der Waals surface area contributed by atoms with Gasteiger partial charge in [-0.1, -0.05) is 0 Å². The summed E-state index contributed by atoms with van der Waals surface area (Å²) in [6, 6.07) is 2.93. The van der Waals surface area contributed by atoms with Crippen molar-refractivity contribution in [3.05, 3.63) is 17.7 Å². The van der Waals surface area contributed by atoms with Crippen molar-refractivity contribution < 1.29 is 52.0 Å². The molecule has 1 aliphatic heterocycles. The van der Waals surface area contributed by atoms with Crippen LogP contribution >= 0.6 is 0 Å². The first-order chi connectivity index (χ1) is 16.0. The van der Waals surface area contributed by atoms with Crippen LogP contribution in [0.1, 0.15) is 42.5 Å². The number of aliphatic hydroxyl groups excluding tert-OH is 1. The quantitative estimate of drug-likeness (QED) is 0.281. The van der Waals surface area contributed by atoms with E-state index in [9.17, 15) is 27.9 Å². The summed E-state index contributed by atoms with van der Waals surface area (Å²) in [4.78, 5) is 34.6. The lowest BCUT2D eigenvalue weighted by Crippen LogP contribution is -2.45. The van der Waals surface area contributed by atoms with Gasteiger partial charge in [0.25, 0.3) is 5.91 Å². The first kappa shape index (κ1) is 28.8. The Morgan fingerprint density at radius 3 is 2.35 bits per heavy atom. The number of esters is 1. The molecule has 1 saturated heterocycles. The van der Waals surface area contributed by atoms with E-state index in [1.807, 2.05) is 0 Å². The topological polar surface area (TPSA) is 149 Å². The maximum atomic E-state index is 12.9. The smallest absolute Gasteiger partial charge is 0.490 e. The molecule has 1 atom stereocenters. The SMILES string of the molecule is COC(=O)CCCOc1cc(N)c(C(=O)N2CCCC[C@H]2CO)cc1OC.O=C(O)C(F)(F)F. The largest absolute Gasteiger partial charge is 0.493 e. The third-order valence-corrected chi connectivity index (χ3v) is 4.92. The molecule has 34 heavy (non-hydrogen) atoms. The minimum Gasteiger partial charge on any atom is -0.493 e. The highest BCUT2D eigenvalue weighted by Crippen LogP contribution is 2.34.